The smallest absolute Gasteiger partial charge is 0.303 e. The number of carboxylic acid groups (broad SMARTS) is 1. The molecule has 0 spiro atoms. The number of aliphatic carboxylic acids is 1. The highest BCUT2D eigenvalue weighted by molar-refractivity contribution is 8.26. The van der Waals surface area contributed by atoms with Crippen LogP contribution in [-0.2, 0) is 9.59 Å². The van der Waals surface area contributed by atoms with Gasteiger partial charge in [-0.05, 0) is 18.1 Å². The van der Waals surface area contributed by atoms with Crippen LogP contribution in [0.25, 0.3) is 17.3 Å². The van der Waals surface area contributed by atoms with E-state index < -0.39 is 5.97 Å². The molecule has 0 aliphatic carbocycles. The Kier molecular flexibility index (Phi) is 5.75. The summed E-state index contributed by atoms with van der Waals surface area (Å²) in [4.78, 5) is 33.4. The van der Waals surface area contributed by atoms with Crippen molar-refractivity contribution in [3.8, 4) is 11.3 Å². The lowest BCUT2D eigenvalue weighted by atomic mass is 10.1. The second-order valence-corrected chi connectivity index (χ2v) is 7.22. The fourth-order valence-electron chi connectivity index (χ4n) is 2.43. The average molecular weight is 385 g/mol. The number of nitrogens with zero attached hydrogens (tertiary/aromatic N) is 3. The van der Waals surface area contributed by atoms with E-state index in [-0.39, 0.29) is 12.3 Å². The van der Waals surface area contributed by atoms with Gasteiger partial charge in [-0.2, -0.15) is 0 Å². The van der Waals surface area contributed by atoms with Gasteiger partial charge >= 0.3 is 5.97 Å². The number of rotatable bonds is 6. The quantitative estimate of drug-likeness (QED) is 0.604. The van der Waals surface area contributed by atoms with Crippen LogP contribution >= 0.6 is 24.0 Å². The van der Waals surface area contributed by atoms with Crippen LogP contribution in [0.5, 0.6) is 0 Å². The van der Waals surface area contributed by atoms with Crippen molar-refractivity contribution in [2.45, 2.75) is 12.8 Å². The maximum absolute atomic E-state index is 12.5. The van der Waals surface area contributed by atoms with Gasteiger partial charge < -0.3 is 5.11 Å². The number of hydrogen-bond acceptors (Lipinski definition) is 6. The van der Waals surface area contributed by atoms with Crippen LogP contribution in [0, 0.1) is 0 Å². The topological polar surface area (TPSA) is 83.4 Å². The number of carbonyl (C=O) groups is 2. The number of carbonyl (C=O) groups excluding carboxylic acids is 1. The molecule has 1 fully saturated rings. The van der Waals surface area contributed by atoms with Gasteiger partial charge in [-0.1, -0.05) is 48.2 Å². The lowest BCUT2D eigenvalue weighted by Crippen LogP contribution is -2.29. The second kappa shape index (κ2) is 8.20. The SMILES string of the molecule is O=C(O)CCCN1C(=O)C(=Cc2ccc(-c3cnccn3)cc2)SC1=S. The third-order valence-electron chi connectivity index (χ3n) is 3.71. The van der Waals surface area contributed by atoms with Crippen molar-refractivity contribution in [3.63, 3.8) is 0 Å². The van der Waals surface area contributed by atoms with E-state index in [2.05, 4.69) is 9.97 Å². The molecule has 0 radical (unpaired) electrons. The third kappa shape index (κ3) is 4.33. The monoisotopic (exact) mass is 385 g/mol. The van der Waals surface area contributed by atoms with Gasteiger partial charge in [0.25, 0.3) is 5.91 Å². The van der Waals surface area contributed by atoms with E-state index in [1.54, 1.807) is 24.7 Å². The molecular formula is C18H15N3O3S2. The van der Waals surface area contributed by atoms with Gasteiger partial charge in [-0.15, -0.1) is 0 Å². The summed E-state index contributed by atoms with van der Waals surface area (Å²) in [5, 5.41) is 8.71. The molecule has 8 heteroatoms. The number of hydrogen-bond donors (Lipinski definition) is 1. The first kappa shape index (κ1) is 18.2. The number of carboxylic acids is 1. The molecule has 1 saturated heterocycles. The van der Waals surface area contributed by atoms with Gasteiger partial charge in [0.05, 0.1) is 16.8 Å². The Morgan fingerprint density at radius 3 is 2.69 bits per heavy atom. The van der Waals surface area contributed by atoms with Crippen LogP contribution in [0.3, 0.4) is 0 Å². The molecule has 1 aromatic carbocycles. The molecule has 26 heavy (non-hydrogen) atoms. The van der Waals surface area contributed by atoms with Crippen LogP contribution in [0.15, 0.2) is 47.8 Å². The van der Waals surface area contributed by atoms with Gasteiger partial charge in [0.2, 0.25) is 0 Å². The molecule has 0 unspecified atom stereocenters. The highest BCUT2D eigenvalue weighted by Gasteiger charge is 2.31. The van der Waals surface area contributed by atoms with Gasteiger partial charge in [0.1, 0.15) is 4.32 Å². The Hall–Kier alpha value is -2.58. The van der Waals surface area contributed by atoms with Crippen molar-refractivity contribution < 1.29 is 14.7 Å². The molecule has 2 heterocycles. The van der Waals surface area contributed by atoms with E-state index in [4.69, 9.17) is 17.3 Å². The fraction of sp³-hybridized carbons (Fsp3) is 0.167. The first-order chi connectivity index (χ1) is 12.5. The zero-order chi connectivity index (χ0) is 18.5. The van der Waals surface area contributed by atoms with Crippen molar-refractivity contribution in [1.29, 1.82) is 0 Å². The van der Waals surface area contributed by atoms with Crippen LogP contribution in [0.2, 0.25) is 0 Å². The van der Waals surface area contributed by atoms with Crippen molar-refractivity contribution in [2.24, 2.45) is 0 Å². The van der Waals surface area contributed by atoms with Gasteiger partial charge in [0.15, 0.2) is 0 Å². The molecule has 1 aliphatic rings. The van der Waals surface area contributed by atoms with Crippen LogP contribution in [0.1, 0.15) is 18.4 Å². The predicted octanol–water partition coefficient (Wildman–Crippen LogP) is 3.21. The molecule has 0 atom stereocenters. The maximum atomic E-state index is 12.5. The van der Waals surface area contributed by atoms with Gasteiger partial charge in [0, 0.05) is 30.9 Å². The lowest BCUT2D eigenvalue weighted by Gasteiger charge is -2.13. The van der Waals surface area contributed by atoms with E-state index >= 15 is 0 Å². The Labute approximate surface area is 160 Å². The van der Waals surface area contributed by atoms with Crippen molar-refractivity contribution in [3.05, 3.63) is 53.3 Å². The fourth-order valence-corrected chi connectivity index (χ4v) is 3.74. The van der Waals surface area contributed by atoms with Crippen molar-refractivity contribution in [1.82, 2.24) is 14.9 Å². The first-order valence-corrected chi connectivity index (χ1v) is 9.10. The molecule has 1 aliphatic heterocycles. The van der Waals surface area contributed by atoms with Gasteiger partial charge in [-0.25, -0.2) is 0 Å². The molecule has 2 aromatic rings. The Balaban J connectivity index is 1.71. The first-order valence-electron chi connectivity index (χ1n) is 7.88. The molecule has 1 aromatic heterocycles. The maximum Gasteiger partial charge on any atom is 0.303 e. The number of benzene rings is 1. The summed E-state index contributed by atoms with van der Waals surface area (Å²) in [6.45, 7) is 0.319. The molecule has 1 N–H and O–H groups in total. The van der Waals surface area contributed by atoms with E-state index in [0.717, 1.165) is 16.8 Å². The standard InChI is InChI=1S/C18H15N3O3S2/c22-16(23)2-1-9-21-17(24)15(26-18(21)25)10-12-3-5-13(6-4-12)14-11-19-7-8-20-14/h3-8,10-11H,1-2,9H2,(H,22,23). The minimum Gasteiger partial charge on any atom is -0.481 e. The minimum atomic E-state index is -0.880. The molecule has 0 bridgehead atoms. The molecule has 6 nitrogen and oxygen atoms in total. The number of amides is 1. The Bertz CT molecular complexity index is 867. The third-order valence-corrected chi connectivity index (χ3v) is 5.09. The Morgan fingerprint density at radius 2 is 2.04 bits per heavy atom. The summed E-state index contributed by atoms with van der Waals surface area (Å²) in [6.07, 6.45) is 7.13. The van der Waals surface area contributed by atoms with Crippen molar-refractivity contribution in [2.75, 3.05) is 6.54 Å². The predicted molar refractivity (Wildman–Crippen MR) is 104 cm³/mol. The van der Waals surface area contributed by atoms with Gasteiger partial charge in [-0.3, -0.25) is 24.5 Å². The molecule has 132 valence electrons. The summed E-state index contributed by atoms with van der Waals surface area (Å²) in [5.74, 6) is -1.06. The normalized spacial score (nSPS) is 15.7. The minimum absolute atomic E-state index is 0.0138. The second-order valence-electron chi connectivity index (χ2n) is 5.54. The van der Waals surface area contributed by atoms with Crippen LogP contribution in [0.4, 0.5) is 0 Å². The van der Waals surface area contributed by atoms with E-state index in [1.807, 2.05) is 24.3 Å². The van der Waals surface area contributed by atoms with Crippen molar-refractivity contribution >= 4 is 46.3 Å². The lowest BCUT2D eigenvalue weighted by molar-refractivity contribution is -0.137. The highest BCUT2D eigenvalue weighted by atomic mass is 32.2. The average Bonchev–Trinajstić information content (AvgIpc) is 2.90. The number of thiocarbonyl (C=S) groups is 1. The molecule has 3 rings (SSSR count). The zero-order valence-electron chi connectivity index (χ0n) is 13.7. The van der Waals surface area contributed by atoms with Crippen LogP contribution < -0.4 is 0 Å². The van der Waals surface area contributed by atoms with E-state index in [0.29, 0.717) is 22.2 Å². The highest BCUT2D eigenvalue weighted by Crippen LogP contribution is 2.33. The number of thioether (sulfide) groups is 1. The Morgan fingerprint density at radius 1 is 1.27 bits per heavy atom. The largest absolute Gasteiger partial charge is 0.481 e. The zero-order valence-corrected chi connectivity index (χ0v) is 15.3. The van der Waals surface area contributed by atoms with Crippen LogP contribution in [-0.4, -0.2) is 42.7 Å². The summed E-state index contributed by atoms with van der Waals surface area (Å²) < 4.78 is 0.461. The summed E-state index contributed by atoms with van der Waals surface area (Å²) in [5.41, 5.74) is 2.60. The van der Waals surface area contributed by atoms with E-state index in [9.17, 15) is 9.59 Å². The number of aromatic nitrogens is 2. The molecular weight excluding hydrogens is 370 g/mol. The molecule has 1 amide bonds. The van der Waals surface area contributed by atoms with E-state index in [1.165, 1.54) is 16.7 Å². The summed E-state index contributed by atoms with van der Waals surface area (Å²) in [6, 6.07) is 7.65. The summed E-state index contributed by atoms with van der Waals surface area (Å²) in [7, 11) is 0. The summed E-state index contributed by atoms with van der Waals surface area (Å²) >= 11 is 6.47. The molecule has 0 saturated carbocycles.